The summed E-state index contributed by atoms with van der Waals surface area (Å²) in [5, 5.41) is 0.753. The van der Waals surface area contributed by atoms with E-state index >= 15 is 0 Å². The van der Waals surface area contributed by atoms with Crippen LogP contribution in [-0.2, 0) is 0 Å². The van der Waals surface area contributed by atoms with Crippen LogP contribution in [0.3, 0.4) is 0 Å². The van der Waals surface area contributed by atoms with Crippen molar-refractivity contribution in [1.29, 1.82) is 0 Å². The maximum Gasteiger partial charge on any atom is 0.261 e. The van der Waals surface area contributed by atoms with Crippen molar-refractivity contribution >= 4 is 29.1 Å². The Bertz CT molecular complexity index is 811. The lowest BCUT2D eigenvalue weighted by Gasteiger charge is -2.34. The van der Waals surface area contributed by atoms with E-state index in [1.54, 1.807) is 24.3 Å². The Morgan fingerprint density at radius 1 is 0.923 bits per heavy atom. The topological polar surface area (TPSA) is 45.1 Å². The van der Waals surface area contributed by atoms with Crippen LogP contribution in [0.5, 0.6) is 0 Å². The van der Waals surface area contributed by atoms with Gasteiger partial charge in [-0.15, -0.1) is 0 Å². The lowest BCUT2D eigenvalue weighted by atomic mass is 10.1. The van der Waals surface area contributed by atoms with E-state index in [4.69, 9.17) is 11.6 Å². The van der Waals surface area contributed by atoms with Crippen molar-refractivity contribution in [2.24, 2.45) is 0 Å². The molecular weight excluding hydrogens is 350 g/mol. The summed E-state index contributed by atoms with van der Waals surface area (Å²) in [6.45, 7) is 5.11. The number of carbonyl (C=O) groups excluding carboxylic acids is 2. The Balaban J connectivity index is 1.32. The van der Waals surface area contributed by atoms with Gasteiger partial charge < -0.3 is 9.80 Å². The lowest BCUT2D eigenvalue weighted by Crippen LogP contribution is -3.15. The number of hydrogen-bond donors (Lipinski definition) is 1. The molecule has 0 saturated carbocycles. The minimum absolute atomic E-state index is 0.164. The second-order valence-corrected chi connectivity index (χ2v) is 7.21. The van der Waals surface area contributed by atoms with Gasteiger partial charge in [0.25, 0.3) is 11.8 Å². The fraction of sp³-hybridized carbons (Fsp3) is 0.300. The van der Waals surface area contributed by atoms with Crippen molar-refractivity contribution in [2.75, 3.05) is 44.2 Å². The van der Waals surface area contributed by atoms with Crippen LogP contribution in [0.25, 0.3) is 0 Å². The van der Waals surface area contributed by atoms with Gasteiger partial charge in [0, 0.05) is 10.7 Å². The monoisotopic (exact) mass is 370 g/mol. The zero-order valence-electron chi connectivity index (χ0n) is 14.5. The second-order valence-electron chi connectivity index (χ2n) is 6.77. The zero-order chi connectivity index (χ0) is 18.1. The van der Waals surface area contributed by atoms with Crippen molar-refractivity contribution < 1.29 is 14.5 Å². The van der Waals surface area contributed by atoms with E-state index in [1.807, 2.05) is 18.2 Å². The van der Waals surface area contributed by atoms with Crippen LogP contribution in [0.4, 0.5) is 5.69 Å². The number of piperazine rings is 1. The van der Waals surface area contributed by atoms with Gasteiger partial charge in [-0.2, -0.15) is 0 Å². The van der Waals surface area contributed by atoms with Gasteiger partial charge in [0.15, 0.2) is 0 Å². The molecule has 2 aromatic rings. The Labute approximate surface area is 157 Å². The molecule has 1 N–H and O–H groups in total. The molecule has 2 aliphatic rings. The van der Waals surface area contributed by atoms with Crippen molar-refractivity contribution in [3.8, 4) is 0 Å². The average Bonchev–Trinajstić information content (AvgIpc) is 2.91. The molecule has 2 heterocycles. The Kier molecular flexibility index (Phi) is 4.66. The predicted molar refractivity (Wildman–Crippen MR) is 101 cm³/mol. The minimum atomic E-state index is -0.164. The number of rotatable bonds is 4. The fourth-order valence-electron chi connectivity index (χ4n) is 3.72. The molecule has 0 aromatic heterocycles. The molecule has 6 heteroatoms. The summed E-state index contributed by atoms with van der Waals surface area (Å²) in [6.07, 6.45) is 0. The molecule has 4 rings (SSSR count). The van der Waals surface area contributed by atoms with Crippen molar-refractivity contribution in [3.05, 3.63) is 64.7 Å². The number of fused-ring (bicyclic) bond motifs is 1. The highest BCUT2D eigenvalue weighted by Gasteiger charge is 2.35. The van der Waals surface area contributed by atoms with Gasteiger partial charge >= 0.3 is 0 Å². The molecule has 2 amide bonds. The lowest BCUT2D eigenvalue weighted by molar-refractivity contribution is -0.899. The fourth-order valence-corrected chi connectivity index (χ4v) is 3.90. The third-order valence-corrected chi connectivity index (χ3v) is 5.45. The van der Waals surface area contributed by atoms with E-state index in [0.29, 0.717) is 17.7 Å². The number of anilines is 1. The van der Waals surface area contributed by atoms with E-state index in [0.717, 1.165) is 43.4 Å². The van der Waals surface area contributed by atoms with Crippen molar-refractivity contribution in [3.63, 3.8) is 0 Å². The molecule has 0 aliphatic carbocycles. The molecule has 2 aliphatic heterocycles. The number of halogens is 1. The molecule has 2 aromatic carbocycles. The third kappa shape index (κ3) is 3.20. The first-order valence-electron chi connectivity index (χ1n) is 8.93. The summed E-state index contributed by atoms with van der Waals surface area (Å²) in [4.78, 5) is 30.0. The Morgan fingerprint density at radius 2 is 1.58 bits per heavy atom. The van der Waals surface area contributed by atoms with Gasteiger partial charge in [-0.05, 0) is 30.3 Å². The first-order chi connectivity index (χ1) is 12.6. The molecule has 0 spiro atoms. The molecule has 134 valence electrons. The van der Waals surface area contributed by atoms with Gasteiger partial charge in [0.05, 0.1) is 50.4 Å². The molecule has 1 saturated heterocycles. The van der Waals surface area contributed by atoms with Gasteiger partial charge in [0.1, 0.15) is 0 Å². The third-order valence-electron chi connectivity index (χ3n) is 5.21. The van der Waals surface area contributed by atoms with Crippen LogP contribution in [0.1, 0.15) is 20.7 Å². The summed E-state index contributed by atoms with van der Waals surface area (Å²) < 4.78 is 0. The zero-order valence-corrected chi connectivity index (χ0v) is 15.2. The predicted octanol–water partition coefficient (Wildman–Crippen LogP) is 1.34. The van der Waals surface area contributed by atoms with Crippen LogP contribution in [0.15, 0.2) is 48.5 Å². The molecule has 5 nitrogen and oxygen atoms in total. The van der Waals surface area contributed by atoms with Crippen LogP contribution < -0.4 is 9.80 Å². The molecule has 26 heavy (non-hydrogen) atoms. The second kappa shape index (κ2) is 7.09. The van der Waals surface area contributed by atoms with Gasteiger partial charge in [-0.3, -0.25) is 14.5 Å². The number of nitrogens with one attached hydrogen (secondary N) is 1. The normalized spacial score (nSPS) is 17.7. The first kappa shape index (κ1) is 17.1. The maximum absolute atomic E-state index is 12.4. The van der Waals surface area contributed by atoms with E-state index in [-0.39, 0.29) is 11.8 Å². The van der Waals surface area contributed by atoms with E-state index < -0.39 is 0 Å². The number of benzene rings is 2. The molecule has 0 radical (unpaired) electrons. The van der Waals surface area contributed by atoms with E-state index in [9.17, 15) is 9.59 Å². The van der Waals surface area contributed by atoms with Gasteiger partial charge in [-0.1, -0.05) is 29.8 Å². The van der Waals surface area contributed by atoms with Crippen LogP contribution in [0, 0.1) is 0 Å². The summed E-state index contributed by atoms with van der Waals surface area (Å²) >= 11 is 6.08. The highest BCUT2D eigenvalue weighted by atomic mass is 35.5. The Hall–Kier alpha value is -2.37. The van der Waals surface area contributed by atoms with Crippen molar-refractivity contribution in [2.45, 2.75) is 0 Å². The van der Waals surface area contributed by atoms with Crippen LogP contribution >= 0.6 is 11.6 Å². The number of amides is 2. The standard InChI is InChI=1S/C20H20ClN3O2/c21-15-4-3-5-16(14-15)23-11-8-22(9-12-23)10-13-24-19(25)17-6-1-2-7-18(17)20(24)26/h1-7,14H,8-13H2/p+1. The molecule has 0 atom stereocenters. The number of imide groups is 1. The molecule has 0 bridgehead atoms. The number of carbonyl (C=O) groups is 2. The van der Waals surface area contributed by atoms with Crippen LogP contribution in [0.2, 0.25) is 5.02 Å². The van der Waals surface area contributed by atoms with E-state index in [2.05, 4.69) is 11.0 Å². The smallest absolute Gasteiger partial charge is 0.261 e. The largest absolute Gasteiger partial charge is 0.360 e. The average molecular weight is 371 g/mol. The SMILES string of the molecule is O=C1c2ccccc2C(=O)N1CC[NH+]1CCN(c2cccc(Cl)c2)CC1. The summed E-state index contributed by atoms with van der Waals surface area (Å²) in [6, 6.07) is 15.0. The minimum Gasteiger partial charge on any atom is -0.360 e. The highest BCUT2D eigenvalue weighted by molar-refractivity contribution is 6.30. The number of nitrogens with zero attached hydrogens (tertiary/aromatic N) is 2. The number of hydrogen-bond acceptors (Lipinski definition) is 3. The first-order valence-corrected chi connectivity index (χ1v) is 9.30. The van der Waals surface area contributed by atoms with Gasteiger partial charge in [0.2, 0.25) is 0 Å². The molecule has 0 unspecified atom stereocenters. The molecular formula is C20H21ClN3O2+. The quantitative estimate of drug-likeness (QED) is 0.826. The van der Waals surface area contributed by atoms with Gasteiger partial charge in [-0.25, -0.2) is 0 Å². The van der Waals surface area contributed by atoms with Crippen molar-refractivity contribution in [1.82, 2.24) is 4.90 Å². The van der Waals surface area contributed by atoms with Crippen LogP contribution in [-0.4, -0.2) is 56.0 Å². The number of quaternary nitrogens is 1. The Morgan fingerprint density at radius 3 is 2.19 bits per heavy atom. The summed E-state index contributed by atoms with van der Waals surface area (Å²) in [5.74, 6) is -0.329. The summed E-state index contributed by atoms with van der Waals surface area (Å²) in [7, 11) is 0. The molecule has 1 fully saturated rings. The maximum atomic E-state index is 12.4. The highest BCUT2D eigenvalue weighted by Crippen LogP contribution is 2.22. The summed E-state index contributed by atoms with van der Waals surface area (Å²) in [5.41, 5.74) is 2.20. The van der Waals surface area contributed by atoms with E-state index in [1.165, 1.54) is 9.80 Å².